The Balaban J connectivity index is 1.92. The van der Waals surface area contributed by atoms with Crippen LogP contribution >= 0.6 is 0 Å². The number of aryl methyl sites for hydroxylation is 1. The van der Waals surface area contributed by atoms with Crippen LogP contribution in [0, 0.1) is 6.92 Å². The Morgan fingerprint density at radius 3 is 2.43 bits per heavy atom. The van der Waals surface area contributed by atoms with Crippen LogP contribution in [-0.2, 0) is 13.2 Å². The Labute approximate surface area is 158 Å². The lowest BCUT2D eigenvalue weighted by Gasteiger charge is -2.06. The molecule has 0 aliphatic heterocycles. The molecule has 0 saturated carbocycles. The number of benzene rings is 1. The molecule has 0 amide bonds. The second-order valence-electron chi connectivity index (χ2n) is 6.38. The average molecular weight is 386 g/mol. The molecule has 144 valence electrons. The molecule has 0 unspecified atom stereocenters. The van der Waals surface area contributed by atoms with Gasteiger partial charge in [0.2, 0.25) is 0 Å². The average Bonchev–Trinajstić information content (AvgIpc) is 3.19. The molecule has 0 saturated heterocycles. The Kier molecular flexibility index (Phi) is 4.10. The highest BCUT2D eigenvalue weighted by atomic mass is 19.4. The summed E-state index contributed by atoms with van der Waals surface area (Å²) in [5.41, 5.74) is 1.92. The van der Waals surface area contributed by atoms with Crippen LogP contribution in [0.3, 0.4) is 0 Å². The van der Waals surface area contributed by atoms with Gasteiger partial charge >= 0.3 is 6.18 Å². The van der Waals surface area contributed by atoms with Crippen molar-refractivity contribution in [3.63, 3.8) is 0 Å². The van der Waals surface area contributed by atoms with Gasteiger partial charge in [0, 0.05) is 31.4 Å². The largest absolute Gasteiger partial charge is 0.435 e. The van der Waals surface area contributed by atoms with Gasteiger partial charge in [0.05, 0.1) is 16.8 Å². The first kappa shape index (κ1) is 18.0. The molecule has 4 aromatic rings. The number of nitrogens with zero attached hydrogens (tertiary/aromatic N) is 5. The van der Waals surface area contributed by atoms with Gasteiger partial charge in [-0.05, 0) is 25.1 Å². The van der Waals surface area contributed by atoms with E-state index in [1.54, 1.807) is 11.7 Å². The maximum absolute atomic E-state index is 13.4. The van der Waals surface area contributed by atoms with Crippen LogP contribution in [0.4, 0.5) is 19.0 Å². The summed E-state index contributed by atoms with van der Waals surface area (Å²) in [6.45, 7) is 1.87. The highest BCUT2D eigenvalue weighted by molar-refractivity contribution is 5.84. The predicted molar refractivity (Wildman–Crippen MR) is 100 cm³/mol. The van der Waals surface area contributed by atoms with Crippen molar-refractivity contribution in [3.8, 4) is 16.9 Å². The minimum absolute atomic E-state index is 0.0489. The standard InChI is InChI=1S/C19H17F3N6/c1-11-15(25-28(17(11)23-2)13-7-5-4-6-8-13)12-9-14-16(19(20,21)22)26-27(3)18(14)24-10-12/h4-10,23H,1-3H3. The fourth-order valence-electron chi connectivity index (χ4n) is 3.30. The molecule has 1 aromatic carbocycles. The van der Waals surface area contributed by atoms with Crippen LogP contribution in [0.2, 0.25) is 0 Å². The first-order chi connectivity index (χ1) is 13.3. The Bertz CT molecular complexity index is 1160. The number of hydrogen-bond acceptors (Lipinski definition) is 4. The number of nitrogens with one attached hydrogen (secondary N) is 1. The van der Waals surface area contributed by atoms with E-state index in [1.807, 2.05) is 37.3 Å². The summed E-state index contributed by atoms with van der Waals surface area (Å²) >= 11 is 0. The number of aromatic nitrogens is 5. The van der Waals surface area contributed by atoms with Gasteiger partial charge in [-0.2, -0.15) is 23.4 Å². The van der Waals surface area contributed by atoms with Crippen molar-refractivity contribution in [1.29, 1.82) is 0 Å². The first-order valence-corrected chi connectivity index (χ1v) is 8.54. The van der Waals surface area contributed by atoms with Gasteiger partial charge in [0.1, 0.15) is 5.82 Å². The van der Waals surface area contributed by atoms with Crippen molar-refractivity contribution in [3.05, 3.63) is 53.9 Å². The highest BCUT2D eigenvalue weighted by Crippen LogP contribution is 2.36. The number of hydrogen-bond donors (Lipinski definition) is 1. The van der Waals surface area contributed by atoms with E-state index in [-0.39, 0.29) is 11.0 Å². The van der Waals surface area contributed by atoms with Crippen molar-refractivity contribution in [1.82, 2.24) is 24.5 Å². The van der Waals surface area contributed by atoms with Gasteiger partial charge in [-0.1, -0.05) is 18.2 Å². The monoisotopic (exact) mass is 386 g/mol. The zero-order valence-corrected chi connectivity index (χ0v) is 15.4. The number of rotatable bonds is 3. The van der Waals surface area contributed by atoms with Gasteiger partial charge < -0.3 is 5.32 Å². The Hall–Kier alpha value is -3.36. The number of fused-ring (bicyclic) bond motifs is 1. The van der Waals surface area contributed by atoms with Crippen LogP contribution in [0.15, 0.2) is 42.6 Å². The van der Waals surface area contributed by atoms with Gasteiger partial charge in [-0.15, -0.1) is 0 Å². The summed E-state index contributed by atoms with van der Waals surface area (Å²) in [5.74, 6) is 0.753. The first-order valence-electron chi connectivity index (χ1n) is 8.54. The summed E-state index contributed by atoms with van der Waals surface area (Å²) in [6, 6.07) is 10.9. The SMILES string of the molecule is CNc1c(C)c(-c2cnc3c(c2)c(C(F)(F)F)nn3C)nn1-c1ccccc1. The molecule has 0 spiro atoms. The van der Waals surface area contributed by atoms with Crippen LogP contribution in [0.25, 0.3) is 28.0 Å². The minimum Gasteiger partial charge on any atom is -0.373 e. The lowest BCUT2D eigenvalue weighted by Crippen LogP contribution is -2.07. The van der Waals surface area contributed by atoms with Gasteiger partial charge in [0.15, 0.2) is 11.3 Å². The van der Waals surface area contributed by atoms with Crippen LogP contribution in [-0.4, -0.2) is 31.6 Å². The van der Waals surface area contributed by atoms with Crippen molar-refractivity contribution < 1.29 is 13.2 Å². The number of halogens is 3. The van der Waals surface area contributed by atoms with Crippen molar-refractivity contribution in [2.45, 2.75) is 13.1 Å². The van der Waals surface area contributed by atoms with E-state index in [9.17, 15) is 13.2 Å². The lowest BCUT2D eigenvalue weighted by atomic mass is 10.1. The molecule has 28 heavy (non-hydrogen) atoms. The van der Waals surface area contributed by atoms with E-state index in [0.717, 1.165) is 21.8 Å². The molecule has 0 aliphatic carbocycles. The van der Waals surface area contributed by atoms with Crippen molar-refractivity contribution in [2.75, 3.05) is 12.4 Å². The van der Waals surface area contributed by atoms with Gasteiger partial charge in [-0.3, -0.25) is 0 Å². The van der Waals surface area contributed by atoms with E-state index in [2.05, 4.69) is 20.5 Å². The molecule has 0 fully saturated rings. The molecular weight excluding hydrogens is 369 g/mol. The van der Waals surface area contributed by atoms with E-state index >= 15 is 0 Å². The van der Waals surface area contributed by atoms with Gasteiger partial charge in [-0.25, -0.2) is 14.3 Å². The Morgan fingerprint density at radius 2 is 1.79 bits per heavy atom. The van der Waals surface area contributed by atoms with E-state index in [0.29, 0.717) is 11.3 Å². The predicted octanol–water partition coefficient (Wildman–Crippen LogP) is 4.19. The molecule has 0 radical (unpaired) electrons. The third-order valence-corrected chi connectivity index (χ3v) is 4.58. The summed E-state index contributed by atoms with van der Waals surface area (Å²) in [7, 11) is 3.22. The second kappa shape index (κ2) is 6.36. The minimum atomic E-state index is -4.56. The third kappa shape index (κ3) is 2.79. The summed E-state index contributed by atoms with van der Waals surface area (Å²) in [6.07, 6.45) is -3.04. The normalized spacial score (nSPS) is 11.9. The number of para-hydroxylation sites is 1. The molecule has 0 bridgehead atoms. The van der Waals surface area contributed by atoms with Gasteiger partial charge in [0.25, 0.3) is 0 Å². The molecule has 0 atom stereocenters. The summed E-state index contributed by atoms with van der Waals surface area (Å²) in [5, 5.41) is 11.3. The molecular formula is C19H17F3N6. The highest BCUT2D eigenvalue weighted by Gasteiger charge is 2.37. The molecule has 9 heteroatoms. The topological polar surface area (TPSA) is 60.6 Å². The van der Waals surface area contributed by atoms with E-state index < -0.39 is 11.9 Å². The maximum atomic E-state index is 13.4. The smallest absolute Gasteiger partial charge is 0.373 e. The summed E-state index contributed by atoms with van der Waals surface area (Å²) in [4.78, 5) is 4.20. The Morgan fingerprint density at radius 1 is 1.07 bits per heavy atom. The van der Waals surface area contributed by atoms with Crippen LogP contribution in [0.1, 0.15) is 11.3 Å². The molecule has 3 heterocycles. The second-order valence-corrected chi connectivity index (χ2v) is 6.38. The van der Waals surface area contributed by atoms with E-state index in [1.165, 1.54) is 19.3 Å². The quantitative estimate of drug-likeness (QED) is 0.574. The maximum Gasteiger partial charge on any atom is 0.435 e. The summed E-state index contributed by atoms with van der Waals surface area (Å²) < 4.78 is 42.9. The third-order valence-electron chi connectivity index (χ3n) is 4.58. The molecule has 1 N–H and O–H groups in total. The number of alkyl halides is 3. The lowest BCUT2D eigenvalue weighted by molar-refractivity contribution is -0.140. The zero-order valence-electron chi connectivity index (χ0n) is 15.4. The van der Waals surface area contributed by atoms with E-state index in [4.69, 9.17) is 0 Å². The molecule has 3 aromatic heterocycles. The van der Waals surface area contributed by atoms with Crippen molar-refractivity contribution in [2.24, 2.45) is 7.05 Å². The fraction of sp³-hybridized carbons (Fsp3) is 0.211. The number of pyridine rings is 1. The molecule has 6 nitrogen and oxygen atoms in total. The number of anilines is 1. The fourth-order valence-corrected chi connectivity index (χ4v) is 3.30. The zero-order chi connectivity index (χ0) is 20.1. The molecule has 4 rings (SSSR count). The van der Waals surface area contributed by atoms with Crippen LogP contribution in [0.5, 0.6) is 0 Å². The van der Waals surface area contributed by atoms with Crippen LogP contribution < -0.4 is 5.32 Å². The molecule has 0 aliphatic rings. The van der Waals surface area contributed by atoms with Crippen molar-refractivity contribution >= 4 is 16.9 Å².